The number of fused-ring (bicyclic) bond motifs is 1. The first kappa shape index (κ1) is 17.8. The Morgan fingerprint density at radius 2 is 1.80 bits per heavy atom. The molecule has 1 aliphatic rings. The van der Waals surface area contributed by atoms with E-state index in [1.54, 1.807) is 20.8 Å². The maximum absolute atomic E-state index is 12.6. The molecule has 0 amide bonds. The highest BCUT2D eigenvalue weighted by Gasteiger charge is 2.37. The molecule has 9 heteroatoms. The van der Waals surface area contributed by atoms with E-state index in [2.05, 4.69) is 4.72 Å². The van der Waals surface area contributed by atoms with Crippen LogP contribution in [0.1, 0.15) is 20.8 Å². The average molecular weight is 367 g/mol. The van der Waals surface area contributed by atoms with E-state index >= 15 is 0 Å². The van der Waals surface area contributed by atoms with E-state index in [9.17, 15) is 18.0 Å². The summed E-state index contributed by atoms with van der Waals surface area (Å²) < 4.78 is 35.5. The molecule has 25 heavy (non-hydrogen) atoms. The molecule has 1 saturated heterocycles. The van der Waals surface area contributed by atoms with Crippen LogP contribution in [-0.4, -0.2) is 36.3 Å². The molecule has 1 aliphatic heterocycles. The minimum Gasteiger partial charge on any atom is -0.377 e. The van der Waals surface area contributed by atoms with Gasteiger partial charge in [-0.2, -0.15) is 0 Å². The predicted octanol–water partition coefficient (Wildman–Crippen LogP) is 0.270. The number of ether oxygens (including phenoxy) is 1. The van der Waals surface area contributed by atoms with Crippen LogP contribution in [-0.2, 0) is 27.8 Å². The lowest BCUT2D eigenvalue weighted by Crippen LogP contribution is -2.59. The van der Waals surface area contributed by atoms with Crippen LogP contribution < -0.4 is 16.0 Å². The first-order chi connectivity index (χ1) is 11.7. The average Bonchev–Trinajstić information content (AvgIpc) is 2.53. The Bertz CT molecular complexity index is 1050. The third-order valence-corrected chi connectivity index (χ3v) is 6.00. The van der Waals surface area contributed by atoms with Crippen LogP contribution in [0.5, 0.6) is 0 Å². The van der Waals surface area contributed by atoms with Gasteiger partial charge in [-0.1, -0.05) is 0 Å². The maximum Gasteiger partial charge on any atom is 0.331 e. The summed E-state index contributed by atoms with van der Waals surface area (Å²) >= 11 is 0. The molecule has 1 fully saturated rings. The second-order valence-corrected chi connectivity index (χ2v) is 8.10. The Morgan fingerprint density at radius 1 is 1.16 bits per heavy atom. The number of benzene rings is 1. The number of nitrogens with zero attached hydrogens (tertiary/aromatic N) is 2. The summed E-state index contributed by atoms with van der Waals surface area (Å²) in [6.07, 6.45) is 0. The van der Waals surface area contributed by atoms with Gasteiger partial charge in [-0.05, 0) is 39.0 Å². The van der Waals surface area contributed by atoms with Gasteiger partial charge in [0.05, 0.1) is 34.6 Å². The predicted molar refractivity (Wildman–Crippen MR) is 93.4 cm³/mol. The summed E-state index contributed by atoms with van der Waals surface area (Å²) in [4.78, 5) is 25.0. The van der Waals surface area contributed by atoms with Crippen LogP contribution in [0.25, 0.3) is 10.9 Å². The topological polar surface area (TPSA) is 99.4 Å². The van der Waals surface area contributed by atoms with E-state index in [4.69, 9.17) is 4.74 Å². The second kappa shape index (κ2) is 6.08. The first-order valence-corrected chi connectivity index (χ1v) is 9.60. The molecule has 2 heterocycles. The van der Waals surface area contributed by atoms with Crippen molar-refractivity contribution in [3.63, 3.8) is 0 Å². The second-order valence-electron chi connectivity index (χ2n) is 6.41. The van der Waals surface area contributed by atoms with Crippen molar-refractivity contribution in [3.05, 3.63) is 39.0 Å². The minimum atomic E-state index is -3.80. The van der Waals surface area contributed by atoms with Gasteiger partial charge in [0.1, 0.15) is 0 Å². The lowest BCUT2D eigenvalue weighted by molar-refractivity contribution is -0.0523. The summed E-state index contributed by atoms with van der Waals surface area (Å²) in [6.45, 7) is 6.47. The number of nitrogens with one attached hydrogen (secondary N) is 1. The number of aryl methyl sites for hydroxylation is 1. The van der Waals surface area contributed by atoms with Gasteiger partial charge in [0, 0.05) is 13.1 Å². The Morgan fingerprint density at radius 3 is 2.32 bits per heavy atom. The zero-order valence-corrected chi connectivity index (χ0v) is 15.2. The normalized spacial score (nSPS) is 16.8. The quantitative estimate of drug-likeness (QED) is 0.818. The fourth-order valence-corrected chi connectivity index (χ4v) is 4.41. The highest BCUT2D eigenvalue weighted by atomic mass is 32.2. The monoisotopic (exact) mass is 367 g/mol. The van der Waals surface area contributed by atoms with Gasteiger partial charge < -0.3 is 4.74 Å². The Hall–Kier alpha value is -1.97. The van der Waals surface area contributed by atoms with Crippen LogP contribution in [0.3, 0.4) is 0 Å². The summed E-state index contributed by atoms with van der Waals surface area (Å²) in [5, 5.41) is 0.209. The minimum absolute atomic E-state index is 0.00539. The molecule has 8 nitrogen and oxygen atoms in total. The number of hydrogen-bond donors (Lipinski definition) is 1. The Kier molecular flexibility index (Phi) is 4.34. The van der Waals surface area contributed by atoms with Crippen molar-refractivity contribution in [1.29, 1.82) is 0 Å². The van der Waals surface area contributed by atoms with Crippen LogP contribution in [0.4, 0.5) is 0 Å². The molecule has 1 aromatic carbocycles. The van der Waals surface area contributed by atoms with Gasteiger partial charge in [-0.3, -0.25) is 13.9 Å². The fourth-order valence-electron chi connectivity index (χ4n) is 3.00. The third-order valence-electron chi connectivity index (χ3n) is 4.36. The van der Waals surface area contributed by atoms with Crippen molar-refractivity contribution in [3.8, 4) is 0 Å². The summed E-state index contributed by atoms with van der Waals surface area (Å²) in [5.41, 5.74) is -1.09. The lowest BCUT2D eigenvalue weighted by Gasteiger charge is -2.38. The van der Waals surface area contributed by atoms with Crippen molar-refractivity contribution < 1.29 is 13.2 Å². The Balaban J connectivity index is 2.20. The highest BCUT2D eigenvalue weighted by molar-refractivity contribution is 7.89. The van der Waals surface area contributed by atoms with Gasteiger partial charge in [-0.15, -0.1) is 0 Å². The zero-order chi connectivity index (χ0) is 18.4. The first-order valence-electron chi connectivity index (χ1n) is 8.11. The molecule has 0 bridgehead atoms. The van der Waals surface area contributed by atoms with E-state index in [1.165, 1.54) is 22.8 Å². The van der Waals surface area contributed by atoms with Crippen LogP contribution in [0.2, 0.25) is 0 Å². The molecule has 1 N–H and O–H groups in total. The summed E-state index contributed by atoms with van der Waals surface area (Å²) in [6, 6.07) is 4.26. The molecule has 0 unspecified atom stereocenters. The van der Waals surface area contributed by atoms with E-state index < -0.39 is 26.8 Å². The highest BCUT2D eigenvalue weighted by Crippen LogP contribution is 2.21. The van der Waals surface area contributed by atoms with Gasteiger partial charge in [0.25, 0.3) is 5.56 Å². The standard InChI is InChI=1S/C16H21N3O5S/c1-4-18-13-7-6-11(25(22,23)17-16(3)9-24-10-16)8-12(13)14(20)19(5-2)15(18)21/h6-8,17H,4-5,9-10H2,1-3H3. The van der Waals surface area contributed by atoms with Crippen molar-refractivity contribution in [2.45, 2.75) is 44.3 Å². The summed E-state index contributed by atoms with van der Waals surface area (Å²) in [7, 11) is -3.80. The van der Waals surface area contributed by atoms with Crippen LogP contribution in [0.15, 0.2) is 32.7 Å². The molecule has 0 spiro atoms. The van der Waals surface area contributed by atoms with Crippen molar-refractivity contribution in [2.75, 3.05) is 13.2 Å². The summed E-state index contributed by atoms with van der Waals surface area (Å²) in [5.74, 6) is 0. The Labute approximate surface area is 145 Å². The molecular weight excluding hydrogens is 346 g/mol. The van der Waals surface area contributed by atoms with Crippen molar-refractivity contribution in [2.24, 2.45) is 0 Å². The van der Waals surface area contributed by atoms with Gasteiger partial charge >= 0.3 is 5.69 Å². The molecule has 2 aromatic rings. The zero-order valence-electron chi connectivity index (χ0n) is 14.4. The van der Waals surface area contributed by atoms with E-state index in [0.29, 0.717) is 25.3 Å². The number of sulfonamides is 1. The van der Waals surface area contributed by atoms with E-state index in [-0.39, 0.29) is 16.8 Å². The van der Waals surface area contributed by atoms with E-state index in [1.807, 2.05) is 0 Å². The maximum atomic E-state index is 12.6. The number of rotatable bonds is 5. The molecule has 0 radical (unpaired) electrons. The van der Waals surface area contributed by atoms with Crippen molar-refractivity contribution >= 4 is 20.9 Å². The smallest absolute Gasteiger partial charge is 0.331 e. The lowest BCUT2D eigenvalue weighted by atomic mass is 10.0. The number of aromatic nitrogens is 2. The molecule has 0 saturated carbocycles. The van der Waals surface area contributed by atoms with Crippen LogP contribution in [0, 0.1) is 0 Å². The third kappa shape index (κ3) is 2.92. The molecule has 3 rings (SSSR count). The largest absolute Gasteiger partial charge is 0.377 e. The molecule has 1 aromatic heterocycles. The van der Waals surface area contributed by atoms with Crippen LogP contribution >= 0.6 is 0 Å². The van der Waals surface area contributed by atoms with Gasteiger partial charge in [0.2, 0.25) is 10.0 Å². The van der Waals surface area contributed by atoms with Gasteiger partial charge in [0.15, 0.2) is 0 Å². The SMILES string of the molecule is CCn1c(=O)c2cc(S(=O)(=O)NC3(C)COC3)ccc2n(CC)c1=O. The molecular formula is C16H21N3O5S. The fraction of sp³-hybridized carbons (Fsp3) is 0.500. The van der Waals surface area contributed by atoms with Gasteiger partial charge in [-0.25, -0.2) is 17.9 Å². The molecule has 0 aliphatic carbocycles. The molecule has 136 valence electrons. The molecule has 0 atom stereocenters. The van der Waals surface area contributed by atoms with Crippen molar-refractivity contribution in [1.82, 2.24) is 13.9 Å². The van der Waals surface area contributed by atoms with E-state index in [0.717, 1.165) is 4.57 Å². The number of hydrogen-bond acceptors (Lipinski definition) is 5.